The molecule has 2 N–H and O–H groups in total. The van der Waals surface area contributed by atoms with E-state index in [2.05, 4.69) is 11.1 Å². The van der Waals surface area contributed by atoms with E-state index < -0.39 is 5.91 Å². The lowest BCUT2D eigenvalue weighted by atomic mass is 10.1. The lowest BCUT2D eigenvalue weighted by molar-refractivity contribution is 0.0993. The molecule has 3 rings (SSSR count). The van der Waals surface area contributed by atoms with E-state index >= 15 is 0 Å². The third kappa shape index (κ3) is 3.49. The quantitative estimate of drug-likeness (QED) is 0.641. The van der Waals surface area contributed by atoms with Gasteiger partial charge >= 0.3 is 0 Å². The largest absolute Gasteiger partial charge is 0.364 e. The van der Waals surface area contributed by atoms with Crippen LogP contribution in [0.3, 0.4) is 0 Å². The zero-order chi connectivity index (χ0) is 20.4. The number of aromatic nitrogens is 2. The first-order valence-corrected chi connectivity index (χ1v) is 9.26. The summed E-state index contributed by atoms with van der Waals surface area (Å²) in [5, 5.41) is 10.2. The Bertz CT molecular complexity index is 1140. The van der Waals surface area contributed by atoms with Gasteiger partial charge in [0.25, 0.3) is 5.91 Å². The molecule has 0 fully saturated rings. The van der Waals surface area contributed by atoms with Gasteiger partial charge in [-0.05, 0) is 43.2 Å². The molecule has 0 unspecified atom stereocenters. The van der Waals surface area contributed by atoms with Gasteiger partial charge in [-0.1, -0.05) is 31.0 Å². The molecule has 1 aromatic carbocycles. The highest BCUT2D eigenvalue weighted by Gasteiger charge is 2.22. The normalized spacial score (nSPS) is 10.8. The molecule has 7 heteroatoms. The van der Waals surface area contributed by atoms with Crippen molar-refractivity contribution in [2.45, 2.75) is 33.2 Å². The molecule has 3 aromatic rings. The van der Waals surface area contributed by atoms with Crippen molar-refractivity contribution in [3.63, 3.8) is 0 Å². The lowest BCUT2D eigenvalue weighted by Crippen LogP contribution is -2.14. The fourth-order valence-electron chi connectivity index (χ4n) is 3.38. The van der Waals surface area contributed by atoms with Crippen molar-refractivity contribution in [1.82, 2.24) is 9.55 Å². The Morgan fingerprint density at radius 2 is 2.04 bits per heavy atom. The molecule has 0 aliphatic rings. The summed E-state index contributed by atoms with van der Waals surface area (Å²) >= 11 is 6.36. The van der Waals surface area contributed by atoms with Crippen LogP contribution >= 0.6 is 11.6 Å². The number of ketones is 1. The molecule has 2 aromatic heterocycles. The van der Waals surface area contributed by atoms with Gasteiger partial charge in [0.05, 0.1) is 18.2 Å². The maximum Gasteiger partial charge on any atom is 0.267 e. The number of pyridine rings is 1. The molecule has 0 bridgehead atoms. The van der Waals surface area contributed by atoms with E-state index in [9.17, 15) is 9.59 Å². The summed E-state index contributed by atoms with van der Waals surface area (Å²) in [6.07, 6.45) is 1.51. The number of benzene rings is 1. The summed E-state index contributed by atoms with van der Waals surface area (Å²) in [4.78, 5) is 28.4. The third-order valence-corrected chi connectivity index (χ3v) is 4.97. The fraction of sp³-hybridized carbons (Fsp3) is 0.238. The van der Waals surface area contributed by atoms with Crippen LogP contribution in [0.4, 0.5) is 0 Å². The summed E-state index contributed by atoms with van der Waals surface area (Å²) in [7, 11) is 0. The zero-order valence-corrected chi connectivity index (χ0v) is 16.4. The second-order valence-corrected chi connectivity index (χ2v) is 6.97. The number of nitrogens with zero attached hydrogens (tertiary/aromatic N) is 3. The summed E-state index contributed by atoms with van der Waals surface area (Å²) in [5.41, 5.74) is 8.76. The molecule has 0 aliphatic carbocycles. The number of rotatable bonds is 6. The summed E-state index contributed by atoms with van der Waals surface area (Å²) in [6, 6.07) is 10.4. The molecular weight excluding hydrogens is 376 g/mol. The predicted molar refractivity (Wildman–Crippen MR) is 108 cm³/mol. The second kappa shape index (κ2) is 7.83. The second-order valence-electron chi connectivity index (χ2n) is 6.56. The van der Waals surface area contributed by atoms with Crippen LogP contribution in [-0.4, -0.2) is 21.2 Å². The van der Waals surface area contributed by atoms with E-state index in [0.717, 1.165) is 17.7 Å². The number of carbonyl (C=O) groups excluding carboxylic acids is 2. The first-order chi connectivity index (χ1) is 13.4. The molecule has 0 spiro atoms. The number of halogens is 1. The first kappa shape index (κ1) is 19.6. The van der Waals surface area contributed by atoms with Crippen molar-refractivity contribution in [3.05, 3.63) is 63.4 Å². The zero-order valence-electron chi connectivity index (χ0n) is 15.6. The van der Waals surface area contributed by atoms with E-state index in [1.165, 1.54) is 13.0 Å². The van der Waals surface area contributed by atoms with Crippen LogP contribution in [-0.2, 0) is 13.0 Å². The van der Waals surface area contributed by atoms with Gasteiger partial charge in [0.15, 0.2) is 5.78 Å². The fourth-order valence-corrected chi connectivity index (χ4v) is 3.62. The van der Waals surface area contributed by atoms with Gasteiger partial charge in [-0.25, -0.2) is 4.98 Å². The highest BCUT2D eigenvalue weighted by atomic mass is 35.5. The molecule has 142 valence electrons. The van der Waals surface area contributed by atoms with Crippen molar-refractivity contribution in [2.24, 2.45) is 5.73 Å². The van der Waals surface area contributed by atoms with Gasteiger partial charge in [0.2, 0.25) is 0 Å². The number of Topliss-reactive ketones (excluding diaryl/α,β-unsaturated/α-hetero) is 1. The summed E-state index contributed by atoms with van der Waals surface area (Å²) in [6.45, 7) is 3.91. The SMILES string of the molecule is CCCc1c(C(C)=O)c2ccc(C(N)=O)nc2n1Cc1ccc(C#N)cc1Cl. The Morgan fingerprint density at radius 3 is 2.61 bits per heavy atom. The number of hydrogen-bond donors (Lipinski definition) is 1. The minimum absolute atomic E-state index is 0.0632. The maximum absolute atomic E-state index is 12.4. The van der Waals surface area contributed by atoms with Crippen LogP contribution in [0.5, 0.6) is 0 Å². The topological polar surface area (TPSA) is 102 Å². The van der Waals surface area contributed by atoms with Gasteiger partial charge in [0, 0.05) is 21.7 Å². The van der Waals surface area contributed by atoms with Crippen LogP contribution in [0.25, 0.3) is 11.0 Å². The van der Waals surface area contributed by atoms with Gasteiger partial charge in [-0.3, -0.25) is 9.59 Å². The number of hydrogen-bond acceptors (Lipinski definition) is 4. The number of amides is 1. The molecule has 0 radical (unpaired) electrons. The number of nitrogens with two attached hydrogens (primary N) is 1. The van der Waals surface area contributed by atoms with E-state index in [4.69, 9.17) is 22.6 Å². The van der Waals surface area contributed by atoms with Gasteiger partial charge < -0.3 is 10.3 Å². The van der Waals surface area contributed by atoms with Crippen molar-refractivity contribution in [2.75, 3.05) is 0 Å². The first-order valence-electron chi connectivity index (χ1n) is 8.88. The van der Waals surface area contributed by atoms with E-state index in [1.54, 1.807) is 24.3 Å². The smallest absolute Gasteiger partial charge is 0.267 e. The molecular formula is C21H19ClN4O2. The number of nitriles is 1. The van der Waals surface area contributed by atoms with Crippen LogP contribution in [0.2, 0.25) is 5.02 Å². The van der Waals surface area contributed by atoms with Crippen LogP contribution in [0, 0.1) is 11.3 Å². The average Bonchev–Trinajstić information content (AvgIpc) is 2.96. The van der Waals surface area contributed by atoms with Crippen LogP contribution in [0.15, 0.2) is 30.3 Å². The van der Waals surface area contributed by atoms with E-state index in [0.29, 0.717) is 40.1 Å². The molecule has 0 aliphatic heterocycles. The predicted octanol–water partition coefficient (Wildman–Crippen LogP) is 3.86. The minimum Gasteiger partial charge on any atom is -0.364 e. The molecule has 2 heterocycles. The van der Waals surface area contributed by atoms with Crippen molar-refractivity contribution >= 4 is 34.3 Å². The highest BCUT2D eigenvalue weighted by molar-refractivity contribution is 6.31. The van der Waals surface area contributed by atoms with Crippen molar-refractivity contribution in [3.8, 4) is 6.07 Å². The monoisotopic (exact) mass is 394 g/mol. The van der Waals surface area contributed by atoms with Crippen LogP contribution in [0.1, 0.15) is 57.9 Å². The third-order valence-electron chi connectivity index (χ3n) is 4.62. The Labute approximate surface area is 167 Å². The Morgan fingerprint density at radius 1 is 1.29 bits per heavy atom. The Hall–Kier alpha value is -3.17. The standard InChI is InChI=1S/C21H19ClN4O2/c1-3-4-18-19(12(2)27)15-7-8-17(20(24)28)25-21(15)26(18)11-14-6-5-13(10-23)9-16(14)22/h5-9H,3-4,11H2,1-2H3,(H2,24,28). The maximum atomic E-state index is 12.4. The van der Waals surface area contributed by atoms with Gasteiger partial charge in [-0.2, -0.15) is 5.26 Å². The molecule has 0 saturated heterocycles. The highest BCUT2D eigenvalue weighted by Crippen LogP contribution is 2.29. The Kier molecular flexibility index (Phi) is 5.48. The number of primary amides is 1. The van der Waals surface area contributed by atoms with E-state index in [-0.39, 0.29) is 11.5 Å². The average molecular weight is 395 g/mol. The summed E-state index contributed by atoms with van der Waals surface area (Å²) in [5.74, 6) is -0.695. The van der Waals surface area contributed by atoms with Crippen molar-refractivity contribution < 1.29 is 9.59 Å². The van der Waals surface area contributed by atoms with Gasteiger partial charge in [-0.15, -0.1) is 0 Å². The molecule has 28 heavy (non-hydrogen) atoms. The minimum atomic E-state index is -0.632. The van der Waals surface area contributed by atoms with Crippen LogP contribution < -0.4 is 5.73 Å². The van der Waals surface area contributed by atoms with Crippen molar-refractivity contribution in [1.29, 1.82) is 5.26 Å². The number of carbonyl (C=O) groups is 2. The number of fused-ring (bicyclic) bond motifs is 1. The Balaban J connectivity index is 2.28. The summed E-state index contributed by atoms with van der Waals surface area (Å²) < 4.78 is 1.91. The molecule has 1 amide bonds. The van der Waals surface area contributed by atoms with E-state index in [1.807, 2.05) is 11.5 Å². The molecule has 6 nitrogen and oxygen atoms in total. The molecule has 0 atom stereocenters. The lowest BCUT2D eigenvalue weighted by Gasteiger charge is -2.12. The molecule has 0 saturated carbocycles. The van der Waals surface area contributed by atoms with Gasteiger partial charge in [0.1, 0.15) is 11.3 Å².